The fourth-order valence-electron chi connectivity index (χ4n) is 2.58. The van der Waals surface area contributed by atoms with E-state index < -0.39 is 0 Å². The van der Waals surface area contributed by atoms with Crippen molar-refractivity contribution < 1.29 is 4.74 Å². The molecule has 0 aromatic heterocycles. The third kappa shape index (κ3) is 7.05. The van der Waals surface area contributed by atoms with Gasteiger partial charge >= 0.3 is 0 Å². The van der Waals surface area contributed by atoms with Crippen LogP contribution in [-0.2, 0) is 4.74 Å². The quantitative estimate of drug-likeness (QED) is 0.586. The fourth-order valence-corrected chi connectivity index (χ4v) is 2.58. The largest absolute Gasteiger partial charge is 0.378 e. The summed E-state index contributed by atoms with van der Waals surface area (Å²) in [4.78, 5) is 0. The Balaban J connectivity index is 1.91. The van der Waals surface area contributed by atoms with E-state index in [1.165, 1.54) is 57.8 Å². The van der Waals surface area contributed by atoms with Gasteiger partial charge in [-0.05, 0) is 38.6 Å². The first-order valence-corrected chi connectivity index (χ1v) is 7.71. The summed E-state index contributed by atoms with van der Waals surface area (Å²) >= 11 is 0. The highest BCUT2D eigenvalue weighted by Gasteiger charge is 2.24. The van der Waals surface area contributed by atoms with Crippen LogP contribution >= 0.6 is 0 Å². The van der Waals surface area contributed by atoms with Gasteiger partial charge in [0.05, 0.1) is 6.10 Å². The van der Waals surface area contributed by atoms with Crippen molar-refractivity contribution in [2.45, 2.75) is 83.8 Å². The SMILES string of the molecule is CCCCCCCOC1CCC(NCCC)C1. The van der Waals surface area contributed by atoms with E-state index in [9.17, 15) is 0 Å². The van der Waals surface area contributed by atoms with Gasteiger partial charge in [0, 0.05) is 12.6 Å². The molecule has 1 saturated carbocycles. The van der Waals surface area contributed by atoms with Crippen molar-refractivity contribution in [2.24, 2.45) is 0 Å². The number of rotatable bonds is 10. The summed E-state index contributed by atoms with van der Waals surface area (Å²) in [5.74, 6) is 0. The van der Waals surface area contributed by atoms with Gasteiger partial charge in [0.1, 0.15) is 0 Å². The first-order chi connectivity index (χ1) is 8.36. The van der Waals surface area contributed by atoms with E-state index in [4.69, 9.17) is 4.74 Å². The van der Waals surface area contributed by atoms with Crippen LogP contribution in [0.1, 0.15) is 71.6 Å². The average Bonchev–Trinajstić information content (AvgIpc) is 2.79. The summed E-state index contributed by atoms with van der Waals surface area (Å²) in [6.07, 6.45) is 12.3. The van der Waals surface area contributed by atoms with Gasteiger partial charge in [-0.3, -0.25) is 0 Å². The van der Waals surface area contributed by atoms with Crippen LogP contribution in [0.3, 0.4) is 0 Å². The van der Waals surface area contributed by atoms with E-state index in [0.29, 0.717) is 6.10 Å². The highest BCUT2D eigenvalue weighted by molar-refractivity contribution is 4.80. The lowest BCUT2D eigenvalue weighted by molar-refractivity contribution is 0.0540. The van der Waals surface area contributed by atoms with Gasteiger partial charge in [0.25, 0.3) is 0 Å². The van der Waals surface area contributed by atoms with Crippen LogP contribution in [0, 0.1) is 0 Å². The molecule has 2 heteroatoms. The van der Waals surface area contributed by atoms with E-state index in [0.717, 1.165) is 19.2 Å². The Bertz CT molecular complexity index is 172. The molecule has 0 heterocycles. The minimum Gasteiger partial charge on any atom is -0.378 e. The second kappa shape index (κ2) is 9.90. The Morgan fingerprint density at radius 3 is 2.59 bits per heavy atom. The van der Waals surface area contributed by atoms with Crippen molar-refractivity contribution in [1.29, 1.82) is 0 Å². The maximum atomic E-state index is 5.95. The topological polar surface area (TPSA) is 21.3 Å². The van der Waals surface area contributed by atoms with Crippen LogP contribution in [0.25, 0.3) is 0 Å². The molecule has 0 aliphatic heterocycles. The predicted octanol–water partition coefficient (Wildman–Crippen LogP) is 3.89. The van der Waals surface area contributed by atoms with Crippen molar-refractivity contribution in [3.05, 3.63) is 0 Å². The first kappa shape index (κ1) is 15.0. The van der Waals surface area contributed by atoms with Crippen molar-refractivity contribution in [3.63, 3.8) is 0 Å². The molecule has 1 N–H and O–H groups in total. The molecule has 1 aliphatic rings. The van der Waals surface area contributed by atoms with Crippen molar-refractivity contribution in [3.8, 4) is 0 Å². The Morgan fingerprint density at radius 1 is 1.00 bits per heavy atom. The molecule has 1 fully saturated rings. The standard InChI is InChI=1S/C15H31NO/c1-3-5-6-7-8-12-17-15-10-9-14(13-15)16-11-4-2/h14-16H,3-13H2,1-2H3. The third-order valence-corrected chi connectivity index (χ3v) is 3.67. The molecule has 0 aromatic rings. The Hall–Kier alpha value is -0.0800. The number of nitrogens with one attached hydrogen (secondary N) is 1. The van der Waals surface area contributed by atoms with Crippen LogP contribution in [0.4, 0.5) is 0 Å². The number of hydrogen-bond acceptors (Lipinski definition) is 2. The minimum atomic E-state index is 0.538. The molecule has 0 aromatic carbocycles. The summed E-state index contributed by atoms with van der Waals surface area (Å²) in [5, 5.41) is 3.60. The lowest BCUT2D eigenvalue weighted by Crippen LogP contribution is -2.27. The highest BCUT2D eigenvalue weighted by Crippen LogP contribution is 2.22. The molecule has 0 bridgehead atoms. The Kier molecular flexibility index (Phi) is 8.72. The minimum absolute atomic E-state index is 0.538. The maximum absolute atomic E-state index is 5.95. The van der Waals surface area contributed by atoms with Gasteiger partial charge in [-0.15, -0.1) is 0 Å². The molecule has 0 amide bonds. The molecule has 1 aliphatic carbocycles. The van der Waals surface area contributed by atoms with E-state index >= 15 is 0 Å². The van der Waals surface area contributed by atoms with Crippen molar-refractivity contribution >= 4 is 0 Å². The monoisotopic (exact) mass is 241 g/mol. The van der Waals surface area contributed by atoms with Crippen molar-refractivity contribution in [2.75, 3.05) is 13.2 Å². The molecule has 0 saturated heterocycles. The highest BCUT2D eigenvalue weighted by atomic mass is 16.5. The number of unbranched alkanes of at least 4 members (excludes halogenated alkanes) is 4. The molecule has 2 nitrogen and oxygen atoms in total. The molecule has 102 valence electrons. The van der Waals surface area contributed by atoms with Crippen molar-refractivity contribution in [1.82, 2.24) is 5.32 Å². The number of ether oxygens (including phenoxy) is 1. The van der Waals surface area contributed by atoms with Gasteiger partial charge < -0.3 is 10.1 Å². The zero-order chi connectivity index (χ0) is 12.3. The van der Waals surface area contributed by atoms with E-state index in [-0.39, 0.29) is 0 Å². The van der Waals surface area contributed by atoms with E-state index in [1.54, 1.807) is 0 Å². The van der Waals surface area contributed by atoms with Gasteiger partial charge in [-0.2, -0.15) is 0 Å². The Morgan fingerprint density at radius 2 is 1.82 bits per heavy atom. The molecular formula is C15H31NO. The van der Waals surface area contributed by atoms with Crippen LogP contribution in [0.15, 0.2) is 0 Å². The maximum Gasteiger partial charge on any atom is 0.0590 e. The third-order valence-electron chi connectivity index (χ3n) is 3.67. The lowest BCUT2D eigenvalue weighted by Gasteiger charge is -2.13. The Labute approximate surface area is 108 Å². The average molecular weight is 241 g/mol. The fraction of sp³-hybridized carbons (Fsp3) is 1.00. The molecule has 17 heavy (non-hydrogen) atoms. The zero-order valence-electron chi connectivity index (χ0n) is 11.8. The van der Waals surface area contributed by atoms with Crippen LogP contribution in [0.5, 0.6) is 0 Å². The second-order valence-corrected chi connectivity index (χ2v) is 5.37. The number of hydrogen-bond donors (Lipinski definition) is 1. The first-order valence-electron chi connectivity index (χ1n) is 7.71. The molecule has 2 unspecified atom stereocenters. The van der Waals surface area contributed by atoms with Gasteiger partial charge in [-0.1, -0.05) is 39.5 Å². The molecule has 0 radical (unpaired) electrons. The normalized spacial score (nSPS) is 24.4. The molecular weight excluding hydrogens is 210 g/mol. The summed E-state index contributed by atoms with van der Waals surface area (Å²) in [5.41, 5.74) is 0. The van der Waals surface area contributed by atoms with Crippen LogP contribution in [-0.4, -0.2) is 25.3 Å². The second-order valence-electron chi connectivity index (χ2n) is 5.37. The summed E-state index contributed by atoms with van der Waals surface area (Å²) in [6.45, 7) is 6.63. The smallest absolute Gasteiger partial charge is 0.0590 e. The van der Waals surface area contributed by atoms with E-state index in [1.807, 2.05) is 0 Å². The predicted molar refractivity (Wildman–Crippen MR) is 74.4 cm³/mol. The van der Waals surface area contributed by atoms with Crippen LogP contribution < -0.4 is 5.32 Å². The molecule has 1 rings (SSSR count). The molecule has 2 atom stereocenters. The van der Waals surface area contributed by atoms with E-state index in [2.05, 4.69) is 19.2 Å². The summed E-state index contributed by atoms with van der Waals surface area (Å²) in [7, 11) is 0. The summed E-state index contributed by atoms with van der Waals surface area (Å²) in [6, 6.07) is 0.722. The van der Waals surface area contributed by atoms with Gasteiger partial charge in [-0.25, -0.2) is 0 Å². The lowest BCUT2D eigenvalue weighted by atomic mass is 10.2. The van der Waals surface area contributed by atoms with Crippen LogP contribution in [0.2, 0.25) is 0 Å². The van der Waals surface area contributed by atoms with Gasteiger partial charge in [0.15, 0.2) is 0 Å². The summed E-state index contributed by atoms with van der Waals surface area (Å²) < 4.78 is 5.95. The van der Waals surface area contributed by atoms with Gasteiger partial charge in [0.2, 0.25) is 0 Å². The zero-order valence-corrected chi connectivity index (χ0v) is 11.8. The molecule has 0 spiro atoms.